The molecule has 10 heteroatoms. The summed E-state index contributed by atoms with van der Waals surface area (Å²) in [4.78, 5) is 21.3. The van der Waals surface area contributed by atoms with Crippen LogP contribution in [0.25, 0.3) is 0 Å². The largest absolute Gasteiger partial charge is 0.387 e. The molecule has 1 heterocycles. The Labute approximate surface area is 130 Å². The molecule has 5 N–H and O–H groups in total. The molecule has 0 aromatic heterocycles. The van der Waals surface area contributed by atoms with Crippen molar-refractivity contribution in [3.05, 3.63) is 34.4 Å². The number of aliphatic hydroxyl groups is 2. The fourth-order valence-corrected chi connectivity index (χ4v) is 2.33. The predicted molar refractivity (Wildman–Crippen MR) is 77.4 cm³/mol. The zero-order valence-electron chi connectivity index (χ0n) is 12.2. The Kier molecular flexibility index (Phi) is 5.11. The number of anilines is 1. The number of aliphatic hydroxyl groups excluding tert-OH is 2. The molecule has 126 valence electrons. The molecule has 1 aromatic carbocycles. The molecular formula is C13H17N3O7. The third-order valence-electron chi connectivity index (χ3n) is 3.52. The monoisotopic (exact) mass is 327 g/mol. The smallest absolute Gasteiger partial charge is 0.269 e. The van der Waals surface area contributed by atoms with Crippen molar-refractivity contribution in [2.45, 2.75) is 30.6 Å². The van der Waals surface area contributed by atoms with Gasteiger partial charge in [0, 0.05) is 24.9 Å². The number of nitrogens with two attached hydrogens (primary N) is 1. The number of hydrogen-bond donors (Lipinski definition) is 4. The van der Waals surface area contributed by atoms with Gasteiger partial charge < -0.3 is 30.7 Å². The van der Waals surface area contributed by atoms with Gasteiger partial charge in [0.05, 0.1) is 4.92 Å². The van der Waals surface area contributed by atoms with Gasteiger partial charge in [0.15, 0.2) is 12.3 Å². The summed E-state index contributed by atoms with van der Waals surface area (Å²) in [5.41, 5.74) is 5.50. The lowest BCUT2D eigenvalue weighted by Gasteiger charge is -2.21. The zero-order valence-corrected chi connectivity index (χ0v) is 12.2. The molecule has 1 unspecified atom stereocenters. The third kappa shape index (κ3) is 3.56. The van der Waals surface area contributed by atoms with Gasteiger partial charge >= 0.3 is 0 Å². The molecule has 0 saturated carbocycles. The quantitative estimate of drug-likeness (QED) is 0.381. The molecule has 1 fully saturated rings. The fraction of sp³-hybridized carbons (Fsp3) is 0.462. The molecule has 1 aliphatic heterocycles. The minimum Gasteiger partial charge on any atom is -0.387 e. The van der Waals surface area contributed by atoms with Gasteiger partial charge in [-0.05, 0) is 12.1 Å². The van der Waals surface area contributed by atoms with Gasteiger partial charge in [-0.25, -0.2) is 0 Å². The Morgan fingerprint density at radius 2 is 2.00 bits per heavy atom. The number of nitro benzene ring substituents is 1. The summed E-state index contributed by atoms with van der Waals surface area (Å²) >= 11 is 0. The maximum atomic E-state index is 11.3. The molecule has 1 aliphatic rings. The van der Waals surface area contributed by atoms with E-state index in [-0.39, 0.29) is 5.69 Å². The summed E-state index contributed by atoms with van der Waals surface area (Å²) in [5.74, 6) is -0.834. The highest BCUT2D eigenvalue weighted by Gasteiger charge is 2.48. The Bertz CT molecular complexity index is 579. The summed E-state index contributed by atoms with van der Waals surface area (Å²) < 4.78 is 10.3. The number of methoxy groups -OCH3 is 1. The lowest BCUT2D eigenvalue weighted by molar-refractivity contribution is -0.384. The maximum Gasteiger partial charge on any atom is 0.269 e. The van der Waals surface area contributed by atoms with E-state index in [1.54, 1.807) is 0 Å². The summed E-state index contributed by atoms with van der Waals surface area (Å²) in [5, 5.41) is 33.4. The number of primary amides is 1. The van der Waals surface area contributed by atoms with E-state index in [2.05, 4.69) is 5.32 Å². The van der Waals surface area contributed by atoms with Gasteiger partial charge in [-0.3, -0.25) is 14.9 Å². The second kappa shape index (κ2) is 6.87. The Morgan fingerprint density at radius 1 is 1.39 bits per heavy atom. The summed E-state index contributed by atoms with van der Waals surface area (Å²) in [6, 6.07) is 5.41. The summed E-state index contributed by atoms with van der Waals surface area (Å²) in [6.45, 7) is 0. The second-order valence-electron chi connectivity index (χ2n) is 5.01. The molecule has 1 aromatic rings. The summed E-state index contributed by atoms with van der Waals surface area (Å²) in [7, 11) is 1.23. The van der Waals surface area contributed by atoms with Crippen molar-refractivity contribution in [2.75, 3.05) is 12.4 Å². The third-order valence-corrected chi connectivity index (χ3v) is 3.52. The number of non-ortho nitro benzene ring substituents is 1. The van der Waals surface area contributed by atoms with Crippen molar-refractivity contribution in [1.29, 1.82) is 0 Å². The van der Waals surface area contributed by atoms with E-state index in [4.69, 9.17) is 15.2 Å². The van der Waals surface area contributed by atoms with Gasteiger partial charge in [0.1, 0.15) is 18.3 Å². The van der Waals surface area contributed by atoms with Crippen LogP contribution in [0.1, 0.15) is 0 Å². The van der Waals surface area contributed by atoms with Crippen LogP contribution >= 0.6 is 0 Å². The molecule has 0 bridgehead atoms. The topological polar surface area (TPSA) is 157 Å². The number of nitro groups is 1. The normalized spacial score (nSPS) is 28.3. The SMILES string of the molecule is CO[C@H](C(N)=O)[C@H]1OC(Nc2ccc([N+](=O)[O-])cc2)[C@H](O)[C@H]1O. The Balaban J connectivity index is 2.09. The van der Waals surface area contributed by atoms with Crippen molar-refractivity contribution in [2.24, 2.45) is 5.73 Å². The average Bonchev–Trinajstić information content (AvgIpc) is 2.77. The lowest BCUT2D eigenvalue weighted by Crippen LogP contribution is -2.46. The maximum absolute atomic E-state index is 11.3. The van der Waals surface area contributed by atoms with Gasteiger partial charge in [0.25, 0.3) is 5.69 Å². The highest BCUT2D eigenvalue weighted by atomic mass is 16.6. The predicted octanol–water partition coefficient (Wildman–Crippen LogP) is -1.05. The van der Waals surface area contributed by atoms with E-state index in [9.17, 15) is 25.1 Å². The lowest BCUT2D eigenvalue weighted by atomic mass is 10.1. The van der Waals surface area contributed by atoms with E-state index >= 15 is 0 Å². The van der Waals surface area contributed by atoms with E-state index in [1.807, 2.05) is 0 Å². The first-order chi connectivity index (χ1) is 10.8. The molecule has 0 aliphatic carbocycles. The second-order valence-corrected chi connectivity index (χ2v) is 5.01. The molecule has 1 amide bonds. The number of nitrogens with one attached hydrogen (secondary N) is 1. The Morgan fingerprint density at radius 3 is 2.48 bits per heavy atom. The van der Waals surface area contributed by atoms with Crippen LogP contribution in [-0.4, -0.2) is 58.8 Å². The van der Waals surface area contributed by atoms with Crippen LogP contribution in [0.4, 0.5) is 11.4 Å². The van der Waals surface area contributed by atoms with Crippen LogP contribution < -0.4 is 11.1 Å². The van der Waals surface area contributed by atoms with Crippen molar-refractivity contribution < 1.29 is 29.4 Å². The van der Waals surface area contributed by atoms with Crippen LogP contribution in [0, 0.1) is 10.1 Å². The minimum absolute atomic E-state index is 0.0884. The molecule has 1 saturated heterocycles. The molecule has 0 radical (unpaired) electrons. The average molecular weight is 327 g/mol. The van der Waals surface area contributed by atoms with Crippen molar-refractivity contribution >= 4 is 17.3 Å². The number of carbonyl (C=O) groups is 1. The number of carbonyl (C=O) groups excluding carboxylic acids is 1. The summed E-state index contributed by atoms with van der Waals surface area (Å²) in [6.07, 6.45) is -6.12. The van der Waals surface area contributed by atoms with Crippen LogP contribution in [-0.2, 0) is 14.3 Å². The molecule has 2 rings (SSSR count). The molecule has 5 atom stereocenters. The number of rotatable bonds is 6. The first-order valence-electron chi connectivity index (χ1n) is 6.70. The molecule has 0 spiro atoms. The van der Waals surface area contributed by atoms with E-state index in [0.717, 1.165) is 0 Å². The number of benzene rings is 1. The number of ether oxygens (including phenoxy) is 2. The van der Waals surface area contributed by atoms with Crippen LogP contribution in [0.15, 0.2) is 24.3 Å². The van der Waals surface area contributed by atoms with E-state index in [0.29, 0.717) is 5.69 Å². The highest BCUT2D eigenvalue weighted by molar-refractivity contribution is 5.79. The minimum atomic E-state index is -1.39. The Hall–Kier alpha value is -2.27. The molecule has 10 nitrogen and oxygen atoms in total. The zero-order chi connectivity index (χ0) is 17.1. The van der Waals surface area contributed by atoms with Crippen LogP contribution in [0.5, 0.6) is 0 Å². The van der Waals surface area contributed by atoms with Crippen molar-refractivity contribution in [1.82, 2.24) is 0 Å². The van der Waals surface area contributed by atoms with Gasteiger partial charge in [-0.15, -0.1) is 0 Å². The standard InChI is InChI=1S/C13H17N3O7/c1-22-11(12(14)19)10-8(17)9(18)13(23-10)15-6-2-4-7(5-3-6)16(20)21/h2-5,8-11,13,15,17-18H,1H3,(H2,14,19)/t8-,9-,10+,11+,13?/m1/s1. The van der Waals surface area contributed by atoms with Gasteiger partial charge in [0.2, 0.25) is 5.91 Å². The van der Waals surface area contributed by atoms with Gasteiger partial charge in [-0.2, -0.15) is 0 Å². The van der Waals surface area contributed by atoms with E-state index in [1.165, 1.54) is 31.4 Å². The van der Waals surface area contributed by atoms with E-state index < -0.39 is 41.5 Å². The fourth-order valence-electron chi connectivity index (χ4n) is 2.33. The van der Waals surface area contributed by atoms with Crippen molar-refractivity contribution in [3.63, 3.8) is 0 Å². The van der Waals surface area contributed by atoms with Crippen LogP contribution in [0.3, 0.4) is 0 Å². The molecule has 23 heavy (non-hydrogen) atoms. The van der Waals surface area contributed by atoms with Crippen LogP contribution in [0.2, 0.25) is 0 Å². The number of hydrogen-bond acceptors (Lipinski definition) is 8. The number of amides is 1. The van der Waals surface area contributed by atoms with Crippen molar-refractivity contribution in [3.8, 4) is 0 Å². The first-order valence-corrected chi connectivity index (χ1v) is 6.70. The van der Waals surface area contributed by atoms with Gasteiger partial charge in [-0.1, -0.05) is 0 Å². The molecular weight excluding hydrogens is 310 g/mol. The number of nitrogens with zero attached hydrogens (tertiary/aromatic N) is 1. The first kappa shape index (κ1) is 17.1. The highest BCUT2D eigenvalue weighted by Crippen LogP contribution is 2.27.